The Labute approximate surface area is 149 Å². The Morgan fingerprint density at radius 1 is 1.24 bits per heavy atom. The Balaban J connectivity index is 1.94. The highest BCUT2D eigenvalue weighted by atomic mass is 15.2. The Kier molecular flexibility index (Phi) is 5.74. The third kappa shape index (κ3) is 4.42. The summed E-state index contributed by atoms with van der Waals surface area (Å²) in [6.45, 7) is 3.59. The Bertz CT molecular complexity index is 813. The van der Waals surface area contributed by atoms with Gasteiger partial charge >= 0.3 is 0 Å². The molecule has 3 rings (SSSR count). The molecule has 2 atom stereocenters. The third-order valence-electron chi connectivity index (χ3n) is 4.59. The molecule has 0 bridgehead atoms. The highest BCUT2D eigenvalue weighted by Gasteiger charge is 2.30. The lowest BCUT2D eigenvalue weighted by molar-refractivity contribution is 0.223. The van der Waals surface area contributed by atoms with Crippen molar-refractivity contribution < 1.29 is 0 Å². The fourth-order valence-corrected chi connectivity index (χ4v) is 3.40. The minimum Gasteiger partial charge on any atom is -0.283 e. The molecule has 1 heterocycles. The molecule has 0 unspecified atom stereocenters. The molecule has 0 spiro atoms. The second kappa shape index (κ2) is 8.39. The maximum Gasteiger partial charge on any atom is 0.0977 e. The molecule has 1 aliphatic rings. The predicted molar refractivity (Wildman–Crippen MR) is 101 cm³/mol. The van der Waals surface area contributed by atoms with E-state index in [0.717, 1.165) is 24.9 Å². The van der Waals surface area contributed by atoms with Crippen molar-refractivity contribution in [2.45, 2.75) is 31.8 Å². The van der Waals surface area contributed by atoms with Gasteiger partial charge in [0.1, 0.15) is 0 Å². The van der Waals surface area contributed by atoms with Gasteiger partial charge in [-0.25, -0.2) is 0 Å². The van der Waals surface area contributed by atoms with Crippen molar-refractivity contribution in [1.82, 2.24) is 4.90 Å². The van der Waals surface area contributed by atoms with Crippen molar-refractivity contribution in [3.8, 4) is 11.8 Å². The number of rotatable bonds is 4. The van der Waals surface area contributed by atoms with Crippen LogP contribution in [0.25, 0.3) is 10.4 Å². The molecule has 0 radical (unpaired) electrons. The van der Waals surface area contributed by atoms with E-state index in [2.05, 4.69) is 58.0 Å². The molecule has 0 saturated carbocycles. The van der Waals surface area contributed by atoms with Crippen molar-refractivity contribution in [3.63, 3.8) is 0 Å². The normalized spacial score (nSPS) is 18.0. The van der Waals surface area contributed by atoms with E-state index in [1.165, 1.54) is 11.1 Å². The van der Waals surface area contributed by atoms with E-state index >= 15 is 0 Å². The van der Waals surface area contributed by atoms with Crippen molar-refractivity contribution >= 4 is 0 Å². The molecule has 2 aromatic rings. The van der Waals surface area contributed by atoms with Gasteiger partial charge in [-0.1, -0.05) is 65.0 Å². The molecular formula is C21H22N4. The minimum absolute atomic E-state index is 0.0153. The maximum atomic E-state index is 8.67. The fraction of sp³-hybridized carbons (Fsp3) is 0.333. The zero-order valence-electron chi connectivity index (χ0n) is 14.5. The van der Waals surface area contributed by atoms with Gasteiger partial charge in [0.05, 0.1) is 6.04 Å². The van der Waals surface area contributed by atoms with Crippen LogP contribution in [0, 0.1) is 18.8 Å². The van der Waals surface area contributed by atoms with Crippen LogP contribution in [0.4, 0.5) is 0 Å². The van der Waals surface area contributed by atoms with Gasteiger partial charge in [-0.3, -0.25) is 4.90 Å². The summed E-state index contributed by atoms with van der Waals surface area (Å²) in [5, 5.41) is 3.81. The van der Waals surface area contributed by atoms with Crippen LogP contribution in [0.15, 0.2) is 59.7 Å². The van der Waals surface area contributed by atoms with Gasteiger partial charge in [0.25, 0.3) is 0 Å². The zero-order valence-corrected chi connectivity index (χ0v) is 14.5. The lowest BCUT2D eigenvalue weighted by Crippen LogP contribution is -2.34. The third-order valence-corrected chi connectivity index (χ3v) is 4.59. The van der Waals surface area contributed by atoms with Crippen LogP contribution in [0.5, 0.6) is 0 Å². The number of nitrogens with zero attached hydrogens (tertiary/aromatic N) is 4. The molecule has 0 N–H and O–H groups in total. The van der Waals surface area contributed by atoms with Crippen LogP contribution < -0.4 is 0 Å². The highest BCUT2D eigenvalue weighted by molar-refractivity contribution is 5.38. The van der Waals surface area contributed by atoms with Crippen LogP contribution >= 0.6 is 0 Å². The summed E-state index contributed by atoms with van der Waals surface area (Å²) >= 11 is 0. The van der Waals surface area contributed by atoms with Crippen molar-refractivity contribution in [3.05, 3.63) is 81.7 Å². The first-order chi connectivity index (χ1) is 12.3. The largest absolute Gasteiger partial charge is 0.283 e. The predicted octanol–water partition coefficient (Wildman–Crippen LogP) is 4.86. The van der Waals surface area contributed by atoms with Gasteiger partial charge in [0.15, 0.2) is 0 Å². The standard InChI is InChI=1S/C21H22N4/c1-17-7-5-10-19(15-17)21(13-12-18-8-3-2-4-9-18)25-14-6-11-20(25)16-23-24-22/h2-5,7-10,15,20-21H,6,11,14,16H2,1H3/t20-,21+/m0/s1. The number of hydrogen-bond acceptors (Lipinski definition) is 2. The highest BCUT2D eigenvalue weighted by Crippen LogP contribution is 2.30. The lowest BCUT2D eigenvalue weighted by atomic mass is 10.0. The van der Waals surface area contributed by atoms with E-state index in [9.17, 15) is 0 Å². The molecular weight excluding hydrogens is 308 g/mol. The van der Waals surface area contributed by atoms with Crippen LogP contribution in [0.1, 0.15) is 35.6 Å². The maximum absolute atomic E-state index is 8.67. The van der Waals surface area contributed by atoms with E-state index in [0.29, 0.717) is 6.54 Å². The average Bonchev–Trinajstić information content (AvgIpc) is 3.09. The summed E-state index contributed by atoms with van der Waals surface area (Å²) in [5.74, 6) is 6.79. The zero-order chi connectivity index (χ0) is 17.5. The van der Waals surface area contributed by atoms with Gasteiger partial charge < -0.3 is 0 Å². The lowest BCUT2D eigenvalue weighted by Gasteiger charge is -2.29. The number of benzene rings is 2. The molecule has 0 amide bonds. The molecule has 4 nitrogen and oxygen atoms in total. The van der Waals surface area contributed by atoms with Crippen LogP contribution in [-0.4, -0.2) is 24.0 Å². The molecule has 1 saturated heterocycles. The van der Waals surface area contributed by atoms with Crippen molar-refractivity contribution in [1.29, 1.82) is 0 Å². The molecule has 1 fully saturated rings. The van der Waals surface area contributed by atoms with E-state index < -0.39 is 0 Å². The molecule has 1 aliphatic heterocycles. The Hall–Kier alpha value is -2.73. The number of azide groups is 1. The quantitative estimate of drug-likeness (QED) is 0.342. The van der Waals surface area contributed by atoms with Crippen molar-refractivity contribution in [2.75, 3.05) is 13.1 Å². The van der Waals surface area contributed by atoms with E-state index in [-0.39, 0.29) is 12.1 Å². The molecule has 25 heavy (non-hydrogen) atoms. The van der Waals surface area contributed by atoms with Crippen LogP contribution in [0.3, 0.4) is 0 Å². The van der Waals surface area contributed by atoms with E-state index in [4.69, 9.17) is 5.53 Å². The Morgan fingerprint density at radius 3 is 2.84 bits per heavy atom. The van der Waals surface area contributed by atoms with Gasteiger partial charge in [-0.15, -0.1) is 0 Å². The van der Waals surface area contributed by atoms with Crippen LogP contribution in [-0.2, 0) is 0 Å². The molecule has 0 aliphatic carbocycles. The first kappa shape index (κ1) is 17.1. The van der Waals surface area contributed by atoms with E-state index in [1.807, 2.05) is 30.3 Å². The van der Waals surface area contributed by atoms with Gasteiger partial charge in [0.2, 0.25) is 0 Å². The van der Waals surface area contributed by atoms with Crippen molar-refractivity contribution in [2.24, 2.45) is 5.11 Å². The average molecular weight is 330 g/mol. The van der Waals surface area contributed by atoms with Gasteiger partial charge in [-0.2, -0.15) is 0 Å². The summed E-state index contributed by atoms with van der Waals surface area (Å²) in [6.07, 6.45) is 2.16. The second-order valence-electron chi connectivity index (χ2n) is 6.40. The monoisotopic (exact) mass is 330 g/mol. The van der Waals surface area contributed by atoms with Crippen LogP contribution in [0.2, 0.25) is 0 Å². The fourth-order valence-electron chi connectivity index (χ4n) is 3.40. The Morgan fingerprint density at radius 2 is 2.08 bits per heavy atom. The van der Waals surface area contributed by atoms with Gasteiger partial charge in [-0.05, 0) is 49.5 Å². The molecule has 126 valence electrons. The first-order valence-electron chi connectivity index (χ1n) is 8.67. The number of hydrogen-bond donors (Lipinski definition) is 0. The number of likely N-dealkylation sites (tertiary alicyclic amines) is 1. The second-order valence-corrected chi connectivity index (χ2v) is 6.40. The number of aryl methyl sites for hydroxylation is 1. The summed E-state index contributed by atoms with van der Waals surface area (Å²) in [7, 11) is 0. The summed E-state index contributed by atoms with van der Waals surface area (Å²) < 4.78 is 0. The SMILES string of the molecule is Cc1cccc([C@@H](C#Cc2ccccc2)N2CCC[C@H]2CN=[N+]=[N-])c1. The summed E-state index contributed by atoms with van der Waals surface area (Å²) in [6, 6.07) is 18.9. The summed E-state index contributed by atoms with van der Waals surface area (Å²) in [5.41, 5.74) is 12.1. The van der Waals surface area contributed by atoms with Gasteiger partial charge in [0, 0.05) is 23.1 Å². The van der Waals surface area contributed by atoms with E-state index in [1.54, 1.807) is 0 Å². The molecule has 0 aromatic heterocycles. The smallest absolute Gasteiger partial charge is 0.0977 e. The minimum atomic E-state index is 0.0153. The molecule has 4 heteroatoms. The molecule has 2 aromatic carbocycles. The first-order valence-corrected chi connectivity index (χ1v) is 8.67. The topological polar surface area (TPSA) is 52.0 Å². The summed E-state index contributed by atoms with van der Waals surface area (Å²) in [4.78, 5) is 5.32.